The van der Waals surface area contributed by atoms with Crippen LogP contribution in [0.4, 0.5) is 0 Å². The molecule has 0 N–H and O–H groups in total. The summed E-state index contributed by atoms with van der Waals surface area (Å²) in [6.45, 7) is 8.24. The van der Waals surface area contributed by atoms with Gasteiger partial charge in [-0.25, -0.2) is 9.97 Å². The zero-order valence-corrected chi connectivity index (χ0v) is 13.6. The highest BCUT2D eigenvalue weighted by Crippen LogP contribution is 2.43. The molecular formula is C17H23N5. The number of nitrogens with zero attached hydrogens (tertiary/aromatic N) is 5. The fourth-order valence-corrected chi connectivity index (χ4v) is 4.08. The maximum Gasteiger partial charge on any atom is 0.125 e. The van der Waals surface area contributed by atoms with Crippen molar-refractivity contribution in [1.82, 2.24) is 24.6 Å². The standard InChI is InChI=1S/C17H23N5/c1-4-22-11(2)13(8-19-22)10-21-14-5-6-17(21)15-9-18-12(3)20-16(15)7-14/h8-9,14,17H,4-7,10H2,1-3H3. The molecule has 5 heteroatoms. The normalized spacial score (nSPS) is 23.8. The third kappa shape index (κ3) is 2.07. The largest absolute Gasteiger partial charge is 0.288 e. The molecule has 0 spiro atoms. The Morgan fingerprint density at radius 3 is 2.86 bits per heavy atom. The van der Waals surface area contributed by atoms with E-state index >= 15 is 0 Å². The van der Waals surface area contributed by atoms with Gasteiger partial charge in [0.05, 0.1) is 11.9 Å². The highest BCUT2D eigenvalue weighted by Gasteiger charge is 2.40. The third-order valence-electron chi connectivity index (χ3n) is 5.31. The van der Waals surface area contributed by atoms with E-state index in [9.17, 15) is 0 Å². The van der Waals surface area contributed by atoms with Crippen molar-refractivity contribution in [2.75, 3.05) is 0 Å². The fourth-order valence-electron chi connectivity index (χ4n) is 4.08. The Hall–Kier alpha value is -1.75. The molecule has 0 aliphatic carbocycles. The van der Waals surface area contributed by atoms with Crippen LogP contribution in [0.25, 0.3) is 0 Å². The summed E-state index contributed by atoms with van der Waals surface area (Å²) >= 11 is 0. The molecule has 0 amide bonds. The summed E-state index contributed by atoms with van der Waals surface area (Å²) in [5.41, 5.74) is 5.28. The van der Waals surface area contributed by atoms with E-state index in [2.05, 4.69) is 44.7 Å². The van der Waals surface area contributed by atoms with Crippen molar-refractivity contribution in [3.8, 4) is 0 Å². The van der Waals surface area contributed by atoms with Gasteiger partial charge in [-0.1, -0.05) is 0 Å². The molecular weight excluding hydrogens is 274 g/mol. The van der Waals surface area contributed by atoms with Crippen LogP contribution in [0.2, 0.25) is 0 Å². The molecule has 2 aromatic rings. The molecule has 2 bridgehead atoms. The summed E-state index contributed by atoms with van der Waals surface area (Å²) < 4.78 is 2.08. The minimum atomic E-state index is 0.485. The van der Waals surface area contributed by atoms with E-state index in [-0.39, 0.29) is 0 Å². The second-order valence-corrected chi connectivity index (χ2v) is 6.51. The Bertz CT molecular complexity index is 705. The Balaban J connectivity index is 1.64. The van der Waals surface area contributed by atoms with Crippen molar-refractivity contribution in [3.05, 3.63) is 40.7 Å². The summed E-state index contributed by atoms with van der Waals surface area (Å²) in [5, 5.41) is 4.49. The van der Waals surface area contributed by atoms with E-state index in [1.807, 2.05) is 13.1 Å². The van der Waals surface area contributed by atoms with Crippen LogP contribution in [0.15, 0.2) is 12.4 Å². The zero-order chi connectivity index (χ0) is 15.3. The number of fused-ring (bicyclic) bond motifs is 4. The Kier molecular flexibility index (Phi) is 3.26. The maximum absolute atomic E-state index is 4.68. The fraction of sp³-hybridized carbons (Fsp3) is 0.588. The second-order valence-electron chi connectivity index (χ2n) is 6.51. The monoisotopic (exact) mass is 297 g/mol. The molecule has 0 aromatic carbocycles. The SMILES string of the molecule is CCn1ncc(CN2C3CCC2c2cnc(C)nc2C3)c1C. The van der Waals surface area contributed by atoms with E-state index < -0.39 is 0 Å². The lowest BCUT2D eigenvalue weighted by atomic mass is 9.98. The summed E-state index contributed by atoms with van der Waals surface area (Å²) in [5.74, 6) is 0.895. The molecule has 4 rings (SSSR count). The average Bonchev–Trinajstić information content (AvgIpc) is 2.99. The van der Waals surface area contributed by atoms with Crippen LogP contribution in [0.1, 0.15) is 54.1 Å². The Morgan fingerprint density at radius 2 is 2.09 bits per heavy atom. The van der Waals surface area contributed by atoms with E-state index in [1.165, 1.54) is 35.4 Å². The quantitative estimate of drug-likeness (QED) is 0.873. The minimum Gasteiger partial charge on any atom is -0.288 e. The molecule has 22 heavy (non-hydrogen) atoms. The van der Waals surface area contributed by atoms with Gasteiger partial charge in [0.2, 0.25) is 0 Å². The first-order valence-corrected chi connectivity index (χ1v) is 8.26. The van der Waals surface area contributed by atoms with Crippen LogP contribution >= 0.6 is 0 Å². The number of aromatic nitrogens is 4. The number of hydrogen-bond donors (Lipinski definition) is 0. The molecule has 2 atom stereocenters. The lowest BCUT2D eigenvalue weighted by Gasteiger charge is -2.35. The number of rotatable bonds is 3. The van der Waals surface area contributed by atoms with Gasteiger partial charge in [0.15, 0.2) is 0 Å². The molecule has 2 unspecified atom stereocenters. The van der Waals surface area contributed by atoms with E-state index in [4.69, 9.17) is 0 Å². The minimum absolute atomic E-state index is 0.485. The van der Waals surface area contributed by atoms with Gasteiger partial charge >= 0.3 is 0 Å². The molecule has 0 radical (unpaired) electrons. The lowest BCUT2D eigenvalue weighted by molar-refractivity contribution is 0.165. The first kappa shape index (κ1) is 13.9. The molecule has 0 saturated carbocycles. The maximum atomic E-state index is 4.68. The van der Waals surface area contributed by atoms with Crippen LogP contribution in [0.3, 0.4) is 0 Å². The third-order valence-corrected chi connectivity index (χ3v) is 5.31. The van der Waals surface area contributed by atoms with Crippen molar-refractivity contribution in [3.63, 3.8) is 0 Å². The van der Waals surface area contributed by atoms with Crippen molar-refractivity contribution in [1.29, 1.82) is 0 Å². The summed E-state index contributed by atoms with van der Waals surface area (Å²) in [6, 6.07) is 1.11. The van der Waals surface area contributed by atoms with Gasteiger partial charge in [-0.15, -0.1) is 0 Å². The van der Waals surface area contributed by atoms with E-state index in [0.29, 0.717) is 12.1 Å². The Labute approximate surface area is 131 Å². The van der Waals surface area contributed by atoms with Crippen LogP contribution < -0.4 is 0 Å². The molecule has 4 heterocycles. The summed E-state index contributed by atoms with van der Waals surface area (Å²) in [4.78, 5) is 11.8. The van der Waals surface area contributed by atoms with Crippen LogP contribution in [0.5, 0.6) is 0 Å². The smallest absolute Gasteiger partial charge is 0.125 e. The van der Waals surface area contributed by atoms with Gasteiger partial charge in [-0.3, -0.25) is 9.58 Å². The topological polar surface area (TPSA) is 46.8 Å². The van der Waals surface area contributed by atoms with Crippen LogP contribution in [-0.4, -0.2) is 30.7 Å². The summed E-state index contributed by atoms with van der Waals surface area (Å²) in [6.07, 6.45) is 7.65. The van der Waals surface area contributed by atoms with Crippen molar-refractivity contribution in [2.45, 2.75) is 65.2 Å². The average molecular weight is 297 g/mol. The molecule has 116 valence electrons. The van der Waals surface area contributed by atoms with Gasteiger partial charge in [0.1, 0.15) is 5.82 Å². The second kappa shape index (κ2) is 5.16. The number of aryl methyl sites for hydroxylation is 2. The molecule has 2 aliphatic heterocycles. The number of hydrogen-bond acceptors (Lipinski definition) is 4. The highest BCUT2D eigenvalue weighted by atomic mass is 15.3. The van der Waals surface area contributed by atoms with Gasteiger partial charge in [-0.2, -0.15) is 5.10 Å². The molecule has 5 nitrogen and oxygen atoms in total. The van der Waals surface area contributed by atoms with E-state index in [0.717, 1.165) is 25.3 Å². The predicted octanol–water partition coefficient (Wildman–Crippen LogP) is 2.57. The molecule has 2 aliphatic rings. The predicted molar refractivity (Wildman–Crippen MR) is 84.4 cm³/mol. The molecule has 2 aromatic heterocycles. The zero-order valence-electron chi connectivity index (χ0n) is 13.6. The van der Waals surface area contributed by atoms with E-state index in [1.54, 1.807) is 0 Å². The lowest BCUT2D eigenvalue weighted by Crippen LogP contribution is -2.37. The van der Waals surface area contributed by atoms with Gasteiger partial charge < -0.3 is 0 Å². The first-order chi connectivity index (χ1) is 10.7. The van der Waals surface area contributed by atoms with Crippen molar-refractivity contribution in [2.24, 2.45) is 0 Å². The van der Waals surface area contributed by atoms with Crippen molar-refractivity contribution < 1.29 is 0 Å². The van der Waals surface area contributed by atoms with Gasteiger partial charge in [0, 0.05) is 54.6 Å². The van der Waals surface area contributed by atoms with Crippen LogP contribution in [-0.2, 0) is 19.5 Å². The van der Waals surface area contributed by atoms with Gasteiger partial charge in [0.25, 0.3) is 0 Å². The van der Waals surface area contributed by atoms with Crippen LogP contribution in [0, 0.1) is 13.8 Å². The molecule has 1 saturated heterocycles. The van der Waals surface area contributed by atoms with Crippen molar-refractivity contribution >= 4 is 0 Å². The first-order valence-electron chi connectivity index (χ1n) is 8.26. The molecule has 1 fully saturated rings. The highest BCUT2D eigenvalue weighted by molar-refractivity contribution is 5.29. The van der Waals surface area contributed by atoms with Gasteiger partial charge in [-0.05, 0) is 33.6 Å². The Morgan fingerprint density at radius 1 is 1.23 bits per heavy atom. The summed E-state index contributed by atoms with van der Waals surface area (Å²) in [7, 11) is 0.